The van der Waals surface area contributed by atoms with Crippen molar-refractivity contribution >= 4 is 29.9 Å². The summed E-state index contributed by atoms with van der Waals surface area (Å²) < 4.78 is 41.9. The number of hydrogen-bond donors (Lipinski definition) is 2. The third kappa shape index (κ3) is 8.32. The molecule has 9 heteroatoms. The van der Waals surface area contributed by atoms with Crippen LogP contribution in [-0.4, -0.2) is 30.3 Å². The zero-order valence-electron chi connectivity index (χ0n) is 15.7. The topological polar surface area (TPSA) is 58.5 Å². The molecule has 154 valence electrons. The molecule has 0 saturated heterocycles. The van der Waals surface area contributed by atoms with Crippen LogP contribution in [0.25, 0.3) is 0 Å². The molecule has 5 nitrogen and oxygen atoms in total. The van der Waals surface area contributed by atoms with Gasteiger partial charge >= 0.3 is 6.18 Å². The zero-order chi connectivity index (χ0) is 19.7. The van der Waals surface area contributed by atoms with Crippen LogP contribution in [-0.2, 0) is 13.1 Å². The maximum absolute atomic E-state index is 12.4. The van der Waals surface area contributed by atoms with Crippen molar-refractivity contribution in [2.24, 2.45) is 4.99 Å². The number of halogens is 4. The van der Waals surface area contributed by atoms with E-state index in [4.69, 9.17) is 4.74 Å². The number of aryl methyl sites for hydroxylation is 1. The van der Waals surface area contributed by atoms with Crippen LogP contribution in [0.1, 0.15) is 23.6 Å². The lowest BCUT2D eigenvalue weighted by atomic mass is 10.1. The first-order valence-electron chi connectivity index (χ1n) is 8.59. The average molecular weight is 508 g/mol. The summed E-state index contributed by atoms with van der Waals surface area (Å²) in [6.45, 7) is 3.97. The Morgan fingerprint density at radius 2 is 1.82 bits per heavy atom. The molecular weight excluding hydrogens is 484 g/mol. The summed E-state index contributed by atoms with van der Waals surface area (Å²) in [6.07, 6.45) is -3.03. The van der Waals surface area contributed by atoms with E-state index in [2.05, 4.69) is 20.6 Å². The molecule has 0 aliphatic rings. The number of ether oxygens (including phenoxy) is 1. The number of alkyl halides is 3. The molecule has 0 unspecified atom stereocenters. The van der Waals surface area contributed by atoms with E-state index in [9.17, 15) is 13.2 Å². The summed E-state index contributed by atoms with van der Waals surface area (Å²) in [5.41, 5.74) is 2.78. The summed E-state index contributed by atoms with van der Waals surface area (Å²) >= 11 is 0. The van der Waals surface area contributed by atoms with E-state index in [-0.39, 0.29) is 36.4 Å². The smallest absolute Gasteiger partial charge is 0.422 e. The highest BCUT2D eigenvalue weighted by molar-refractivity contribution is 14.0. The Labute approximate surface area is 179 Å². The number of pyridine rings is 1. The number of rotatable bonds is 7. The van der Waals surface area contributed by atoms with Crippen molar-refractivity contribution in [3.05, 3.63) is 59.3 Å². The van der Waals surface area contributed by atoms with Crippen molar-refractivity contribution in [3.8, 4) is 5.88 Å². The van der Waals surface area contributed by atoms with Crippen LogP contribution in [0.4, 0.5) is 13.2 Å². The lowest BCUT2D eigenvalue weighted by Gasteiger charge is -2.14. The average Bonchev–Trinajstić information content (AvgIpc) is 2.63. The summed E-state index contributed by atoms with van der Waals surface area (Å²) in [5, 5.41) is 6.34. The summed E-state index contributed by atoms with van der Waals surface area (Å²) in [4.78, 5) is 8.31. The Bertz CT molecular complexity index is 769. The molecule has 2 N–H and O–H groups in total. The maximum Gasteiger partial charge on any atom is 0.422 e. The molecule has 0 fully saturated rings. The number of hydrogen-bond acceptors (Lipinski definition) is 3. The quantitative estimate of drug-likeness (QED) is 0.335. The van der Waals surface area contributed by atoms with Gasteiger partial charge < -0.3 is 15.4 Å². The minimum absolute atomic E-state index is 0. The molecule has 28 heavy (non-hydrogen) atoms. The van der Waals surface area contributed by atoms with Gasteiger partial charge in [0.15, 0.2) is 12.6 Å². The van der Waals surface area contributed by atoms with Crippen molar-refractivity contribution in [3.63, 3.8) is 0 Å². The van der Waals surface area contributed by atoms with E-state index in [1.165, 1.54) is 6.20 Å². The molecule has 0 atom stereocenters. The van der Waals surface area contributed by atoms with E-state index in [0.717, 1.165) is 11.1 Å². The highest BCUT2D eigenvalue weighted by Gasteiger charge is 2.29. The Balaban J connectivity index is 0.00000392. The lowest BCUT2D eigenvalue weighted by Crippen LogP contribution is -2.37. The Hall–Kier alpha value is -2.04. The van der Waals surface area contributed by atoms with Crippen LogP contribution >= 0.6 is 24.0 Å². The molecule has 0 aliphatic heterocycles. The third-order valence-electron chi connectivity index (χ3n) is 3.68. The molecule has 0 saturated carbocycles. The fourth-order valence-corrected chi connectivity index (χ4v) is 2.32. The molecular formula is C19H24F3IN4O. The largest absolute Gasteiger partial charge is 0.468 e. The maximum atomic E-state index is 12.4. The van der Waals surface area contributed by atoms with Gasteiger partial charge in [0, 0.05) is 24.8 Å². The number of benzene rings is 1. The molecule has 0 radical (unpaired) electrons. The van der Waals surface area contributed by atoms with Crippen molar-refractivity contribution in [2.45, 2.75) is 33.1 Å². The van der Waals surface area contributed by atoms with E-state index < -0.39 is 12.8 Å². The summed E-state index contributed by atoms with van der Waals surface area (Å²) in [6, 6.07) is 11.3. The SMILES string of the molecule is CCNC(=NCc1cccnc1OCC(F)(F)F)NCc1ccccc1C.I. The number of nitrogens with one attached hydrogen (secondary N) is 2. The summed E-state index contributed by atoms with van der Waals surface area (Å²) in [5.74, 6) is 0.500. The molecule has 2 rings (SSSR count). The molecule has 0 aliphatic carbocycles. The second kappa shape index (κ2) is 11.7. The highest BCUT2D eigenvalue weighted by Crippen LogP contribution is 2.20. The molecule has 0 amide bonds. The number of nitrogens with zero attached hydrogens (tertiary/aromatic N) is 2. The molecule has 1 heterocycles. The Morgan fingerprint density at radius 1 is 1.11 bits per heavy atom. The minimum atomic E-state index is -4.41. The van der Waals surface area contributed by atoms with E-state index in [1.807, 2.05) is 38.1 Å². The van der Waals surface area contributed by atoms with E-state index >= 15 is 0 Å². The van der Waals surface area contributed by atoms with Gasteiger partial charge in [0.1, 0.15) is 0 Å². The van der Waals surface area contributed by atoms with Gasteiger partial charge in [0.05, 0.1) is 6.54 Å². The Kier molecular flexibility index (Phi) is 10.0. The molecule has 2 aromatic rings. The predicted molar refractivity (Wildman–Crippen MR) is 114 cm³/mol. The van der Waals surface area contributed by atoms with Crippen LogP contribution in [0.3, 0.4) is 0 Å². The van der Waals surface area contributed by atoms with Crippen LogP contribution in [0.2, 0.25) is 0 Å². The van der Waals surface area contributed by atoms with Crippen LogP contribution < -0.4 is 15.4 Å². The van der Waals surface area contributed by atoms with Gasteiger partial charge in [-0.15, -0.1) is 24.0 Å². The van der Waals surface area contributed by atoms with Crippen molar-refractivity contribution < 1.29 is 17.9 Å². The fourth-order valence-electron chi connectivity index (χ4n) is 2.32. The minimum Gasteiger partial charge on any atom is -0.468 e. The van der Waals surface area contributed by atoms with Gasteiger partial charge in [-0.3, -0.25) is 0 Å². The van der Waals surface area contributed by atoms with Gasteiger partial charge in [-0.25, -0.2) is 9.98 Å². The van der Waals surface area contributed by atoms with Gasteiger partial charge in [-0.2, -0.15) is 13.2 Å². The predicted octanol–water partition coefficient (Wildman–Crippen LogP) is 4.20. The molecule has 0 spiro atoms. The number of guanidine groups is 1. The number of aromatic nitrogens is 1. The zero-order valence-corrected chi connectivity index (χ0v) is 18.0. The van der Waals surface area contributed by atoms with Crippen molar-refractivity contribution in [1.82, 2.24) is 15.6 Å². The van der Waals surface area contributed by atoms with Gasteiger partial charge in [0.25, 0.3) is 0 Å². The van der Waals surface area contributed by atoms with Crippen LogP contribution in [0.15, 0.2) is 47.6 Å². The van der Waals surface area contributed by atoms with E-state index in [1.54, 1.807) is 12.1 Å². The van der Waals surface area contributed by atoms with Crippen molar-refractivity contribution in [2.75, 3.05) is 13.2 Å². The molecule has 1 aromatic heterocycles. The van der Waals surface area contributed by atoms with Crippen molar-refractivity contribution in [1.29, 1.82) is 0 Å². The van der Waals surface area contributed by atoms with E-state index in [0.29, 0.717) is 24.6 Å². The first-order chi connectivity index (χ1) is 12.9. The summed E-state index contributed by atoms with van der Waals surface area (Å²) in [7, 11) is 0. The first-order valence-corrected chi connectivity index (χ1v) is 8.59. The van der Waals surface area contributed by atoms with Crippen LogP contribution in [0, 0.1) is 6.92 Å². The lowest BCUT2D eigenvalue weighted by molar-refractivity contribution is -0.154. The second-order valence-corrected chi connectivity index (χ2v) is 5.85. The fraction of sp³-hybridized carbons (Fsp3) is 0.368. The van der Waals surface area contributed by atoms with Gasteiger partial charge in [-0.1, -0.05) is 30.3 Å². The highest BCUT2D eigenvalue weighted by atomic mass is 127. The third-order valence-corrected chi connectivity index (χ3v) is 3.68. The first kappa shape index (κ1) is 24.0. The molecule has 0 bridgehead atoms. The van der Waals surface area contributed by atoms with Gasteiger partial charge in [-0.05, 0) is 31.0 Å². The molecule has 1 aromatic carbocycles. The Morgan fingerprint density at radius 3 is 2.50 bits per heavy atom. The monoisotopic (exact) mass is 508 g/mol. The normalized spacial score (nSPS) is 11.5. The second-order valence-electron chi connectivity index (χ2n) is 5.85. The standard InChI is InChI=1S/C19H23F3N4O.HI/c1-3-23-18(25-11-15-8-5-4-7-14(15)2)26-12-16-9-6-10-24-17(16)27-13-19(20,21)22;/h4-10H,3,11-13H2,1-2H3,(H2,23,25,26);1H. The van der Waals surface area contributed by atoms with Crippen LogP contribution in [0.5, 0.6) is 5.88 Å². The van der Waals surface area contributed by atoms with Gasteiger partial charge in [0.2, 0.25) is 5.88 Å². The number of aliphatic imine (C=N–C) groups is 1.